The lowest BCUT2D eigenvalue weighted by Gasteiger charge is -2.28. The fourth-order valence-electron chi connectivity index (χ4n) is 3.02. The van der Waals surface area contributed by atoms with Crippen molar-refractivity contribution in [3.05, 3.63) is 77.4 Å². The van der Waals surface area contributed by atoms with E-state index in [2.05, 4.69) is 35.3 Å². The van der Waals surface area contributed by atoms with Gasteiger partial charge in [0.2, 0.25) is 10.0 Å². The number of methoxy groups -OCH3 is 1. The van der Waals surface area contributed by atoms with Gasteiger partial charge in [-0.15, -0.1) is 0 Å². The summed E-state index contributed by atoms with van der Waals surface area (Å²) in [5, 5.41) is 0. The fourth-order valence-corrected chi connectivity index (χ4v) is 4.49. The summed E-state index contributed by atoms with van der Waals surface area (Å²) in [5.41, 5.74) is 2.47. The molecule has 1 atom stereocenters. The molecular formula is C27H29NO4S. The van der Waals surface area contributed by atoms with Crippen LogP contribution in [-0.2, 0) is 19.6 Å². The van der Waals surface area contributed by atoms with Gasteiger partial charge < -0.3 is 4.74 Å². The van der Waals surface area contributed by atoms with E-state index in [1.165, 1.54) is 11.4 Å². The SMILES string of the molecule is CCCC#C/C(C)=C/C(c1ccccc1)N(CC#CC(=O)OC)S(=O)(=O)c1ccc(C)cc1. The summed E-state index contributed by atoms with van der Waals surface area (Å²) in [6, 6.07) is 15.3. The molecule has 0 spiro atoms. The van der Waals surface area contributed by atoms with Crippen LogP contribution in [0.4, 0.5) is 0 Å². The van der Waals surface area contributed by atoms with Crippen molar-refractivity contribution >= 4 is 16.0 Å². The molecule has 0 saturated heterocycles. The minimum atomic E-state index is -3.95. The van der Waals surface area contributed by atoms with E-state index in [9.17, 15) is 13.2 Å². The quantitative estimate of drug-likeness (QED) is 0.341. The molecule has 0 aromatic heterocycles. The highest BCUT2D eigenvalue weighted by Crippen LogP contribution is 2.29. The van der Waals surface area contributed by atoms with Gasteiger partial charge in [0.05, 0.1) is 24.6 Å². The molecule has 0 aliphatic heterocycles. The van der Waals surface area contributed by atoms with Crippen molar-refractivity contribution in [3.8, 4) is 23.7 Å². The van der Waals surface area contributed by atoms with E-state index in [1.54, 1.807) is 24.3 Å². The number of aryl methyl sites for hydroxylation is 1. The van der Waals surface area contributed by atoms with Crippen molar-refractivity contribution in [2.75, 3.05) is 13.7 Å². The van der Waals surface area contributed by atoms with Crippen LogP contribution < -0.4 is 0 Å². The number of allylic oxidation sites excluding steroid dienone is 1. The van der Waals surface area contributed by atoms with Crippen LogP contribution in [0.5, 0.6) is 0 Å². The van der Waals surface area contributed by atoms with Crippen molar-refractivity contribution in [2.45, 2.75) is 44.6 Å². The molecule has 0 fully saturated rings. The predicted octanol–water partition coefficient (Wildman–Crippen LogP) is 4.65. The normalized spacial score (nSPS) is 12.2. The van der Waals surface area contributed by atoms with E-state index >= 15 is 0 Å². The lowest BCUT2D eigenvalue weighted by Crippen LogP contribution is -2.35. The molecule has 0 amide bonds. The summed E-state index contributed by atoms with van der Waals surface area (Å²) in [7, 11) is -2.73. The maximum atomic E-state index is 13.7. The third-order valence-electron chi connectivity index (χ3n) is 4.76. The Morgan fingerprint density at radius 2 is 1.73 bits per heavy atom. The fraction of sp³-hybridized carbons (Fsp3) is 0.296. The molecule has 172 valence electrons. The Labute approximate surface area is 197 Å². The Morgan fingerprint density at radius 3 is 2.33 bits per heavy atom. The van der Waals surface area contributed by atoms with Crippen LogP contribution in [0.3, 0.4) is 0 Å². The number of unbranched alkanes of at least 4 members (excludes halogenated alkanes) is 1. The third-order valence-corrected chi connectivity index (χ3v) is 6.60. The molecule has 2 aromatic rings. The van der Waals surface area contributed by atoms with Gasteiger partial charge >= 0.3 is 5.97 Å². The molecule has 0 radical (unpaired) electrons. The molecular weight excluding hydrogens is 434 g/mol. The summed E-state index contributed by atoms with van der Waals surface area (Å²) >= 11 is 0. The Hall–Kier alpha value is -3.32. The summed E-state index contributed by atoms with van der Waals surface area (Å²) in [4.78, 5) is 11.7. The molecule has 2 aromatic carbocycles. The Kier molecular flexibility index (Phi) is 9.94. The maximum absolute atomic E-state index is 13.7. The second-order valence-corrected chi connectivity index (χ2v) is 9.30. The number of benzene rings is 2. The van der Waals surface area contributed by atoms with Gasteiger partial charge in [0.25, 0.3) is 0 Å². The first-order valence-electron chi connectivity index (χ1n) is 10.7. The molecule has 6 heteroatoms. The highest BCUT2D eigenvalue weighted by molar-refractivity contribution is 7.89. The average Bonchev–Trinajstić information content (AvgIpc) is 2.81. The van der Waals surface area contributed by atoms with Gasteiger partial charge in [-0.05, 0) is 43.5 Å². The molecule has 1 unspecified atom stereocenters. The number of nitrogens with zero attached hydrogens (tertiary/aromatic N) is 1. The smallest absolute Gasteiger partial charge is 0.384 e. The van der Waals surface area contributed by atoms with Crippen molar-refractivity contribution < 1.29 is 17.9 Å². The number of hydrogen-bond donors (Lipinski definition) is 0. The van der Waals surface area contributed by atoms with Crippen molar-refractivity contribution in [3.63, 3.8) is 0 Å². The number of rotatable bonds is 7. The summed E-state index contributed by atoms with van der Waals surface area (Å²) < 4.78 is 33.3. The number of sulfonamides is 1. The van der Waals surface area contributed by atoms with Gasteiger partial charge in [-0.1, -0.05) is 78.8 Å². The Bertz CT molecular complexity index is 1190. The van der Waals surface area contributed by atoms with Crippen LogP contribution in [0, 0.1) is 30.6 Å². The lowest BCUT2D eigenvalue weighted by molar-refractivity contribution is -0.133. The number of hydrogen-bond acceptors (Lipinski definition) is 4. The largest absolute Gasteiger partial charge is 0.459 e. The van der Waals surface area contributed by atoms with E-state index in [0.717, 1.165) is 29.5 Å². The monoisotopic (exact) mass is 463 g/mol. The van der Waals surface area contributed by atoms with Crippen LogP contribution in [0.25, 0.3) is 0 Å². The molecule has 0 bridgehead atoms. The number of ether oxygens (including phenoxy) is 1. The second kappa shape index (κ2) is 12.6. The maximum Gasteiger partial charge on any atom is 0.384 e. The van der Waals surface area contributed by atoms with Crippen molar-refractivity contribution in [1.29, 1.82) is 0 Å². The van der Waals surface area contributed by atoms with Gasteiger partial charge in [0.15, 0.2) is 0 Å². The zero-order valence-corrected chi connectivity index (χ0v) is 20.3. The van der Waals surface area contributed by atoms with Crippen LogP contribution in [-0.4, -0.2) is 32.3 Å². The third kappa shape index (κ3) is 7.64. The molecule has 0 aliphatic carbocycles. The van der Waals surface area contributed by atoms with Gasteiger partial charge in [0, 0.05) is 12.3 Å². The molecule has 0 heterocycles. The number of carbonyl (C=O) groups is 1. The molecule has 0 saturated carbocycles. The van der Waals surface area contributed by atoms with Crippen molar-refractivity contribution in [1.82, 2.24) is 4.31 Å². The minimum Gasteiger partial charge on any atom is -0.459 e. The summed E-state index contributed by atoms with van der Waals surface area (Å²) in [6.45, 7) is 5.60. The molecule has 33 heavy (non-hydrogen) atoms. The standard InChI is InChI=1S/C27H29NO4S/c1-5-6-8-12-23(3)21-26(24-13-9-7-10-14-24)28(20-11-15-27(29)32-4)33(30,31)25-18-16-22(2)17-19-25/h7,9-10,13-14,16-19,21,26H,5-6,20H2,1-4H3/b23-21+. The zero-order chi connectivity index (χ0) is 24.3. The zero-order valence-electron chi connectivity index (χ0n) is 19.5. The molecule has 0 aliphatic rings. The van der Waals surface area contributed by atoms with Crippen LogP contribution in [0.1, 0.15) is 43.9 Å². The van der Waals surface area contributed by atoms with Gasteiger partial charge in [-0.2, -0.15) is 4.31 Å². The van der Waals surface area contributed by atoms with Crippen LogP contribution >= 0.6 is 0 Å². The second-order valence-electron chi connectivity index (χ2n) is 7.41. The minimum absolute atomic E-state index is 0.150. The Morgan fingerprint density at radius 1 is 1.06 bits per heavy atom. The predicted molar refractivity (Wildman–Crippen MR) is 130 cm³/mol. The lowest BCUT2D eigenvalue weighted by atomic mass is 10.0. The van der Waals surface area contributed by atoms with Gasteiger partial charge in [-0.3, -0.25) is 0 Å². The first kappa shape index (κ1) is 25.9. The molecule has 5 nitrogen and oxygen atoms in total. The average molecular weight is 464 g/mol. The van der Waals surface area contributed by atoms with Gasteiger partial charge in [0.1, 0.15) is 0 Å². The number of carbonyl (C=O) groups excluding carboxylic acids is 1. The van der Waals surface area contributed by atoms with E-state index < -0.39 is 22.0 Å². The van der Waals surface area contributed by atoms with Crippen LogP contribution in [0.2, 0.25) is 0 Å². The summed E-state index contributed by atoms with van der Waals surface area (Å²) in [6.07, 6.45) is 3.53. The van der Waals surface area contributed by atoms with E-state index in [1.807, 2.05) is 50.3 Å². The van der Waals surface area contributed by atoms with E-state index in [0.29, 0.717) is 0 Å². The molecule has 2 rings (SSSR count). The molecule has 0 N–H and O–H groups in total. The van der Waals surface area contributed by atoms with Crippen molar-refractivity contribution in [2.24, 2.45) is 0 Å². The highest BCUT2D eigenvalue weighted by atomic mass is 32.2. The van der Waals surface area contributed by atoms with E-state index in [4.69, 9.17) is 0 Å². The van der Waals surface area contributed by atoms with Gasteiger partial charge in [-0.25, -0.2) is 13.2 Å². The first-order chi connectivity index (χ1) is 15.8. The first-order valence-corrected chi connectivity index (χ1v) is 12.1. The van der Waals surface area contributed by atoms with Crippen LogP contribution in [0.15, 0.2) is 71.1 Å². The highest BCUT2D eigenvalue weighted by Gasteiger charge is 2.31. The Balaban J connectivity index is 2.64. The summed E-state index contributed by atoms with van der Waals surface area (Å²) in [5.74, 6) is 10.5. The number of esters is 1. The topological polar surface area (TPSA) is 63.7 Å². The van der Waals surface area contributed by atoms with E-state index in [-0.39, 0.29) is 11.4 Å².